The molecule has 0 aromatic carbocycles. The van der Waals surface area contributed by atoms with Crippen molar-refractivity contribution in [2.45, 2.75) is 25.9 Å². The van der Waals surface area contributed by atoms with Gasteiger partial charge in [-0.2, -0.15) is 5.10 Å². The second-order valence-corrected chi connectivity index (χ2v) is 3.80. The fraction of sp³-hybridized carbons (Fsp3) is 0.667. The van der Waals surface area contributed by atoms with Crippen molar-refractivity contribution in [1.82, 2.24) is 15.1 Å². The Morgan fingerprint density at radius 2 is 2.38 bits per heavy atom. The molecule has 72 valence electrons. The van der Waals surface area contributed by atoms with Crippen LogP contribution in [0.25, 0.3) is 0 Å². The van der Waals surface area contributed by atoms with Crippen molar-refractivity contribution < 1.29 is 0 Å². The quantitative estimate of drug-likeness (QED) is 0.724. The van der Waals surface area contributed by atoms with E-state index in [1.807, 2.05) is 10.9 Å². The van der Waals surface area contributed by atoms with Crippen LogP contribution in [0, 0.1) is 0 Å². The molecule has 1 saturated heterocycles. The van der Waals surface area contributed by atoms with Gasteiger partial charge in [0.1, 0.15) is 0 Å². The van der Waals surface area contributed by atoms with Gasteiger partial charge in [0.25, 0.3) is 0 Å². The molecule has 2 N–H and O–H groups in total. The summed E-state index contributed by atoms with van der Waals surface area (Å²) in [5.41, 5.74) is 1.13. The molecule has 2 heterocycles. The molecule has 13 heavy (non-hydrogen) atoms. The van der Waals surface area contributed by atoms with E-state index in [9.17, 15) is 0 Å². The molecule has 0 aliphatic carbocycles. The predicted molar refractivity (Wildman–Crippen MR) is 52.9 cm³/mol. The first-order valence-electron chi connectivity index (χ1n) is 4.77. The maximum atomic E-state index is 4.26. The van der Waals surface area contributed by atoms with E-state index in [1.165, 1.54) is 0 Å². The Morgan fingerprint density at radius 3 is 2.85 bits per heavy atom. The van der Waals surface area contributed by atoms with E-state index in [0.29, 0.717) is 12.1 Å². The van der Waals surface area contributed by atoms with Crippen molar-refractivity contribution in [1.29, 1.82) is 0 Å². The fourth-order valence-electron chi connectivity index (χ4n) is 1.32. The zero-order valence-corrected chi connectivity index (χ0v) is 8.12. The lowest BCUT2D eigenvalue weighted by Crippen LogP contribution is -2.51. The highest BCUT2D eigenvalue weighted by atomic mass is 15.3. The topological polar surface area (TPSA) is 41.9 Å². The summed E-state index contributed by atoms with van der Waals surface area (Å²) in [5.74, 6) is 0. The van der Waals surface area contributed by atoms with Crippen molar-refractivity contribution >= 4 is 5.69 Å². The molecule has 1 aliphatic rings. The average molecular weight is 180 g/mol. The van der Waals surface area contributed by atoms with Crippen molar-refractivity contribution in [3.8, 4) is 0 Å². The van der Waals surface area contributed by atoms with Crippen LogP contribution in [0.5, 0.6) is 0 Å². The summed E-state index contributed by atoms with van der Waals surface area (Å²) in [7, 11) is 0. The normalized spacial score (nSPS) is 17.5. The van der Waals surface area contributed by atoms with Gasteiger partial charge >= 0.3 is 0 Å². The SMILES string of the molecule is CC(C)n1cc(NC2CNC2)cn1. The van der Waals surface area contributed by atoms with Gasteiger partial charge in [-0.3, -0.25) is 4.68 Å². The lowest BCUT2D eigenvalue weighted by Gasteiger charge is -2.28. The highest BCUT2D eigenvalue weighted by Gasteiger charge is 2.16. The van der Waals surface area contributed by atoms with Crippen LogP contribution in [0.1, 0.15) is 19.9 Å². The summed E-state index contributed by atoms with van der Waals surface area (Å²) >= 11 is 0. The first-order valence-corrected chi connectivity index (χ1v) is 4.77. The zero-order chi connectivity index (χ0) is 9.26. The lowest BCUT2D eigenvalue weighted by atomic mass is 10.2. The molecule has 0 bridgehead atoms. The first-order chi connectivity index (χ1) is 6.25. The molecule has 4 heteroatoms. The lowest BCUT2D eigenvalue weighted by molar-refractivity contribution is 0.472. The minimum atomic E-state index is 0.440. The van der Waals surface area contributed by atoms with E-state index < -0.39 is 0 Å². The number of anilines is 1. The second-order valence-electron chi connectivity index (χ2n) is 3.80. The van der Waals surface area contributed by atoms with Crippen molar-refractivity contribution in [3.63, 3.8) is 0 Å². The second kappa shape index (κ2) is 3.38. The van der Waals surface area contributed by atoms with E-state index in [2.05, 4.69) is 35.8 Å². The van der Waals surface area contributed by atoms with Gasteiger partial charge in [-0.15, -0.1) is 0 Å². The third kappa shape index (κ3) is 1.83. The smallest absolute Gasteiger partial charge is 0.0729 e. The number of nitrogens with one attached hydrogen (secondary N) is 2. The molecule has 1 aromatic rings. The zero-order valence-electron chi connectivity index (χ0n) is 8.12. The van der Waals surface area contributed by atoms with Gasteiger partial charge in [-0.25, -0.2) is 0 Å². The summed E-state index contributed by atoms with van der Waals surface area (Å²) in [5, 5.41) is 10.9. The van der Waals surface area contributed by atoms with E-state index >= 15 is 0 Å². The van der Waals surface area contributed by atoms with Gasteiger partial charge in [0.2, 0.25) is 0 Å². The molecule has 4 nitrogen and oxygen atoms in total. The summed E-state index contributed by atoms with van der Waals surface area (Å²) in [6.07, 6.45) is 3.95. The molecule has 0 atom stereocenters. The number of aromatic nitrogens is 2. The fourth-order valence-corrected chi connectivity index (χ4v) is 1.32. The van der Waals surface area contributed by atoms with Crippen LogP contribution in [0.3, 0.4) is 0 Å². The van der Waals surface area contributed by atoms with E-state index in [4.69, 9.17) is 0 Å². The highest BCUT2D eigenvalue weighted by Crippen LogP contribution is 2.11. The third-order valence-electron chi connectivity index (χ3n) is 2.28. The summed E-state index contributed by atoms with van der Waals surface area (Å²) < 4.78 is 1.97. The molecule has 2 rings (SSSR count). The minimum Gasteiger partial charge on any atom is -0.377 e. The van der Waals surface area contributed by atoms with Crippen LogP contribution in [0.4, 0.5) is 5.69 Å². The third-order valence-corrected chi connectivity index (χ3v) is 2.28. The molecule has 0 amide bonds. The van der Waals surface area contributed by atoms with Gasteiger partial charge < -0.3 is 10.6 Å². The molecule has 1 aliphatic heterocycles. The Bertz CT molecular complexity index is 275. The number of nitrogens with zero attached hydrogens (tertiary/aromatic N) is 2. The Hall–Kier alpha value is -1.03. The predicted octanol–water partition coefficient (Wildman–Crippen LogP) is 0.848. The standard InChI is InChI=1S/C9H16N4/c1-7(2)13-6-9(5-11-13)12-8-3-10-4-8/h5-8,10,12H,3-4H2,1-2H3. The molecule has 1 fully saturated rings. The van der Waals surface area contributed by atoms with Crippen LogP contribution < -0.4 is 10.6 Å². The number of hydrogen-bond acceptors (Lipinski definition) is 3. The summed E-state index contributed by atoms with van der Waals surface area (Å²) in [6.45, 7) is 6.38. The molecule has 0 spiro atoms. The van der Waals surface area contributed by atoms with E-state index in [1.54, 1.807) is 0 Å². The monoisotopic (exact) mass is 180 g/mol. The minimum absolute atomic E-state index is 0.440. The highest BCUT2D eigenvalue weighted by molar-refractivity contribution is 5.40. The molecular weight excluding hydrogens is 164 g/mol. The van der Waals surface area contributed by atoms with Gasteiger partial charge in [0, 0.05) is 25.3 Å². The van der Waals surface area contributed by atoms with Gasteiger partial charge in [0.05, 0.1) is 17.9 Å². The van der Waals surface area contributed by atoms with Crippen LogP contribution in [-0.2, 0) is 0 Å². The molecule has 0 saturated carbocycles. The summed E-state index contributed by atoms with van der Waals surface area (Å²) in [4.78, 5) is 0. The Kier molecular flexibility index (Phi) is 2.22. The van der Waals surface area contributed by atoms with Gasteiger partial charge in [-0.1, -0.05) is 0 Å². The van der Waals surface area contributed by atoms with Gasteiger partial charge in [-0.05, 0) is 13.8 Å². The average Bonchev–Trinajstić information content (AvgIpc) is 2.44. The van der Waals surface area contributed by atoms with Gasteiger partial charge in [0.15, 0.2) is 0 Å². The molecule has 0 radical (unpaired) electrons. The Labute approximate surface area is 78.3 Å². The molecular formula is C9H16N4. The van der Waals surface area contributed by atoms with Crippen LogP contribution in [0.2, 0.25) is 0 Å². The van der Waals surface area contributed by atoms with Crippen LogP contribution >= 0.6 is 0 Å². The van der Waals surface area contributed by atoms with Crippen molar-refractivity contribution in [2.75, 3.05) is 18.4 Å². The van der Waals surface area contributed by atoms with Crippen LogP contribution in [-0.4, -0.2) is 28.9 Å². The van der Waals surface area contributed by atoms with E-state index in [0.717, 1.165) is 18.8 Å². The van der Waals surface area contributed by atoms with Crippen molar-refractivity contribution in [3.05, 3.63) is 12.4 Å². The number of hydrogen-bond donors (Lipinski definition) is 2. The van der Waals surface area contributed by atoms with Crippen molar-refractivity contribution in [2.24, 2.45) is 0 Å². The molecule has 1 aromatic heterocycles. The maximum Gasteiger partial charge on any atom is 0.0729 e. The van der Waals surface area contributed by atoms with E-state index in [-0.39, 0.29) is 0 Å². The number of rotatable bonds is 3. The Balaban J connectivity index is 1.96. The Morgan fingerprint density at radius 1 is 1.62 bits per heavy atom. The largest absolute Gasteiger partial charge is 0.377 e. The van der Waals surface area contributed by atoms with Crippen LogP contribution in [0.15, 0.2) is 12.4 Å². The first kappa shape index (κ1) is 8.56. The maximum absolute atomic E-state index is 4.26. The molecule has 0 unspecified atom stereocenters. The summed E-state index contributed by atoms with van der Waals surface area (Å²) in [6, 6.07) is 1.03.